The standard InChI is InChI=1S/C21H27N3O3S/c1-17-10-11-18(16-20(17)24-13-6-7-15-28(24,26)27)21(25)22-12-14-23(2)19-8-4-3-5-9-19/h3-5,8-11,16H,6-7,12-15H2,1-2H3,(H,22,25). The van der Waals surface area contributed by atoms with E-state index in [-0.39, 0.29) is 11.7 Å². The van der Waals surface area contributed by atoms with Gasteiger partial charge in [-0.15, -0.1) is 0 Å². The molecule has 1 N–H and O–H groups in total. The van der Waals surface area contributed by atoms with E-state index in [0.717, 1.165) is 17.7 Å². The van der Waals surface area contributed by atoms with Crippen LogP contribution in [0, 0.1) is 6.92 Å². The largest absolute Gasteiger partial charge is 0.373 e. The third-order valence-electron chi connectivity index (χ3n) is 5.02. The van der Waals surface area contributed by atoms with Crippen molar-refractivity contribution < 1.29 is 13.2 Å². The van der Waals surface area contributed by atoms with Crippen LogP contribution in [-0.4, -0.2) is 46.8 Å². The van der Waals surface area contributed by atoms with Crippen LogP contribution in [0.3, 0.4) is 0 Å². The minimum Gasteiger partial charge on any atom is -0.373 e. The van der Waals surface area contributed by atoms with Crippen molar-refractivity contribution in [3.8, 4) is 0 Å². The van der Waals surface area contributed by atoms with E-state index >= 15 is 0 Å². The topological polar surface area (TPSA) is 69.7 Å². The molecule has 0 spiro atoms. The fourth-order valence-electron chi connectivity index (χ4n) is 3.33. The van der Waals surface area contributed by atoms with E-state index in [2.05, 4.69) is 10.2 Å². The third-order valence-corrected chi connectivity index (χ3v) is 6.87. The van der Waals surface area contributed by atoms with Crippen molar-refractivity contribution in [2.24, 2.45) is 0 Å². The number of carbonyl (C=O) groups excluding carboxylic acids is 1. The minimum atomic E-state index is -3.31. The van der Waals surface area contributed by atoms with Gasteiger partial charge in [0.2, 0.25) is 10.0 Å². The average molecular weight is 402 g/mol. The predicted molar refractivity (Wildman–Crippen MR) is 114 cm³/mol. The summed E-state index contributed by atoms with van der Waals surface area (Å²) in [6.07, 6.45) is 1.52. The maximum Gasteiger partial charge on any atom is 0.251 e. The Morgan fingerprint density at radius 2 is 1.89 bits per heavy atom. The molecular weight excluding hydrogens is 374 g/mol. The first-order valence-corrected chi connectivity index (χ1v) is 11.1. The van der Waals surface area contributed by atoms with Crippen LogP contribution in [0.2, 0.25) is 0 Å². The number of anilines is 2. The molecule has 0 saturated carbocycles. The van der Waals surface area contributed by atoms with Crippen LogP contribution < -0.4 is 14.5 Å². The monoisotopic (exact) mass is 401 g/mol. The van der Waals surface area contributed by atoms with Gasteiger partial charge in [-0.25, -0.2) is 8.42 Å². The number of carbonyl (C=O) groups is 1. The van der Waals surface area contributed by atoms with Gasteiger partial charge >= 0.3 is 0 Å². The Morgan fingerprint density at radius 3 is 2.61 bits per heavy atom. The van der Waals surface area contributed by atoms with Gasteiger partial charge in [-0.2, -0.15) is 0 Å². The SMILES string of the molecule is Cc1ccc(C(=O)NCCN(C)c2ccccc2)cc1N1CCCCS1(=O)=O. The molecule has 2 aromatic carbocycles. The molecular formula is C21H27N3O3S. The maximum absolute atomic E-state index is 12.6. The first-order valence-electron chi connectivity index (χ1n) is 9.54. The van der Waals surface area contributed by atoms with Crippen LogP contribution in [-0.2, 0) is 10.0 Å². The van der Waals surface area contributed by atoms with Crippen molar-refractivity contribution in [2.45, 2.75) is 19.8 Å². The van der Waals surface area contributed by atoms with E-state index in [9.17, 15) is 13.2 Å². The molecule has 7 heteroatoms. The first-order chi connectivity index (χ1) is 13.4. The van der Waals surface area contributed by atoms with Gasteiger partial charge in [-0.3, -0.25) is 9.10 Å². The normalized spacial score (nSPS) is 15.9. The summed E-state index contributed by atoms with van der Waals surface area (Å²) in [7, 11) is -1.33. The summed E-state index contributed by atoms with van der Waals surface area (Å²) in [5.41, 5.74) is 3.02. The summed E-state index contributed by atoms with van der Waals surface area (Å²) in [6, 6.07) is 15.2. The van der Waals surface area contributed by atoms with Gasteiger partial charge in [0, 0.05) is 37.9 Å². The molecule has 0 unspecified atom stereocenters. The lowest BCUT2D eigenvalue weighted by Gasteiger charge is -2.29. The molecule has 3 rings (SSSR count). The quantitative estimate of drug-likeness (QED) is 0.808. The highest BCUT2D eigenvalue weighted by molar-refractivity contribution is 7.92. The van der Waals surface area contributed by atoms with E-state index in [1.165, 1.54) is 4.31 Å². The Bertz CT molecular complexity index is 929. The molecule has 0 atom stereocenters. The predicted octanol–water partition coefficient (Wildman–Crippen LogP) is 2.79. The Balaban J connectivity index is 1.66. The Hall–Kier alpha value is -2.54. The Morgan fingerprint density at radius 1 is 1.14 bits per heavy atom. The summed E-state index contributed by atoms with van der Waals surface area (Å²) in [6.45, 7) is 3.51. The van der Waals surface area contributed by atoms with Crippen molar-refractivity contribution in [1.82, 2.24) is 5.32 Å². The number of aryl methyl sites for hydroxylation is 1. The molecule has 1 fully saturated rings. The lowest BCUT2D eigenvalue weighted by Crippen LogP contribution is -2.38. The fraction of sp³-hybridized carbons (Fsp3) is 0.381. The van der Waals surface area contributed by atoms with Crippen molar-refractivity contribution in [1.29, 1.82) is 0 Å². The zero-order chi connectivity index (χ0) is 20.1. The van der Waals surface area contributed by atoms with Crippen LogP contribution in [0.5, 0.6) is 0 Å². The number of para-hydroxylation sites is 1. The van der Waals surface area contributed by atoms with E-state index in [1.54, 1.807) is 12.1 Å². The molecule has 0 bridgehead atoms. The van der Waals surface area contributed by atoms with Gasteiger partial charge < -0.3 is 10.2 Å². The van der Waals surface area contributed by atoms with Crippen LogP contribution in [0.25, 0.3) is 0 Å². The van der Waals surface area contributed by atoms with Crippen molar-refractivity contribution in [2.75, 3.05) is 41.6 Å². The van der Waals surface area contributed by atoms with Crippen LogP contribution >= 0.6 is 0 Å². The summed E-state index contributed by atoms with van der Waals surface area (Å²) in [4.78, 5) is 14.6. The van der Waals surface area contributed by atoms with E-state index in [0.29, 0.717) is 37.3 Å². The highest BCUT2D eigenvalue weighted by atomic mass is 32.2. The van der Waals surface area contributed by atoms with Gasteiger partial charge in [-0.1, -0.05) is 24.3 Å². The molecule has 1 saturated heterocycles. The zero-order valence-corrected chi connectivity index (χ0v) is 17.2. The number of nitrogens with one attached hydrogen (secondary N) is 1. The smallest absolute Gasteiger partial charge is 0.251 e. The van der Waals surface area contributed by atoms with Gasteiger partial charge in [-0.05, 0) is 49.6 Å². The lowest BCUT2D eigenvalue weighted by molar-refractivity contribution is 0.0954. The Labute approximate surface area is 167 Å². The fourth-order valence-corrected chi connectivity index (χ4v) is 5.02. The molecule has 0 aliphatic carbocycles. The van der Waals surface area contributed by atoms with Crippen LogP contribution in [0.1, 0.15) is 28.8 Å². The average Bonchev–Trinajstić information content (AvgIpc) is 2.69. The van der Waals surface area contributed by atoms with Gasteiger partial charge in [0.15, 0.2) is 0 Å². The number of benzene rings is 2. The summed E-state index contributed by atoms with van der Waals surface area (Å²) < 4.78 is 26.3. The van der Waals surface area contributed by atoms with Crippen molar-refractivity contribution >= 4 is 27.3 Å². The van der Waals surface area contributed by atoms with E-state index in [4.69, 9.17) is 0 Å². The van der Waals surface area contributed by atoms with Gasteiger partial charge in [0.25, 0.3) is 5.91 Å². The van der Waals surface area contributed by atoms with Crippen LogP contribution in [0.15, 0.2) is 48.5 Å². The lowest BCUT2D eigenvalue weighted by atomic mass is 10.1. The molecule has 2 aromatic rings. The summed E-state index contributed by atoms with van der Waals surface area (Å²) >= 11 is 0. The second kappa shape index (κ2) is 8.65. The molecule has 1 amide bonds. The second-order valence-corrected chi connectivity index (χ2v) is 9.12. The Kier molecular flexibility index (Phi) is 6.24. The molecule has 1 aliphatic heterocycles. The number of likely N-dealkylation sites (N-methyl/N-ethyl adjacent to an activating group) is 1. The third kappa shape index (κ3) is 4.65. The number of hydrogen-bond donors (Lipinski definition) is 1. The van der Waals surface area contributed by atoms with Gasteiger partial charge in [0.05, 0.1) is 11.4 Å². The second-order valence-electron chi connectivity index (χ2n) is 7.11. The number of rotatable bonds is 6. The summed E-state index contributed by atoms with van der Waals surface area (Å²) in [5.74, 6) is -0.0357. The maximum atomic E-state index is 12.6. The molecule has 1 aliphatic rings. The van der Waals surface area contributed by atoms with Crippen molar-refractivity contribution in [3.05, 3.63) is 59.7 Å². The number of nitrogens with zero attached hydrogens (tertiary/aromatic N) is 2. The molecule has 6 nitrogen and oxygen atoms in total. The first kappa shape index (κ1) is 20.2. The molecule has 1 heterocycles. The molecule has 0 aromatic heterocycles. The number of sulfonamides is 1. The zero-order valence-electron chi connectivity index (χ0n) is 16.4. The molecule has 0 radical (unpaired) electrons. The summed E-state index contributed by atoms with van der Waals surface area (Å²) in [5, 5.41) is 2.92. The highest BCUT2D eigenvalue weighted by Gasteiger charge is 2.27. The van der Waals surface area contributed by atoms with Crippen molar-refractivity contribution in [3.63, 3.8) is 0 Å². The number of hydrogen-bond acceptors (Lipinski definition) is 4. The van der Waals surface area contributed by atoms with Gasteiger partial charge in [0.1, 0.15) is 0 Å². The van der Waals surface area contributed by atoms with Crippen LogP contribution in [0.4, 0.5) is 11.4 Å². The van der Waals surface area contributed by atoms with E-state index < -0.39 is 10.0 Å². The number of amides is 1. The minimum absolute atomic E-state index is 0.161. The van der Waals surface area contributed by atoms with E-state index in [1.807, 2.05) is 50.4 Å². The molecule has 28 heavy (non-hydrogen) atoms. The highest BCUT2D eigenvalue weighted by Crippen LogP contribution is 2.28. The molecule has 150 valence electrons.